The first-order valence-corrected chi connectivity index (χ1v) is 4.73. The first-order chi connectivity index (χ1) is 8.22. The molecule has 2 heterocycles. The van der Waals surface area contributed by atoms with Gasteiger partial charge in [-0.15, -0.1) is 0 Å². The van der Waals surface area contributed by atoms with E-state index in [4.69, 9.17) is 11.0 Å². The number of hydrogen-bond donors (Lipinski definition) is 1. The van der Waals surface area contributed by atoms with Crippen LogP contribution in [-0.4, -0.2) is 25.5 Å². The second kappa shape index (κ2) is 4.40. The van der Waals surface area contributed by atoms with Crippen LogP contribution >= 0.6 is 0 Å². The third-order valence-electron chi connectivity index (χ3n) is 2.09. The van der Waals surface area contributed by atoms with E-state index < -0.39 is 0 Å². The van der Waals surface area contributed by atoms with Gasteiger partial charge in [-0.2, -0.15) is 10.4 Å². The van der Waals surface area contributed by atoms with Gasteiger partial charge in [0.15, 0.2) is 0 Å². The van der Waals surface area contributed by atoms with Crippen molar-refractivity contribution in [3.05, 3.63) is 36.0 Å². The lowest BCUT2D eigenvalue weighted by atomic mass is 10.1. The van der Waals surface area contributed by atoms with Crippen LogP contribution in [0.25, 0.3) is 0 Å². The molecule has 0 aliphatic carbocycles. The SMILES string of the molecule is N#CCn1ccc(C(=O)c2cncnc2N)n1. The first-order valence-electron chi connectivity index (χ1n) is 4.73. The standard InChI is InChI=1S/C10H8N6O/c11-2-4-16-3-1-8(15-16)9(17)7-5-13-6-14-10(7)12/h1,3,5-6H,4H2,(H2,12,13,14). The zero-order valence-corrected chi connectivity index (χ0v) is 8.74. The highest BCUT2D eigenvalue weighted by Crippen LogP contribution is 2.11. The summed E-state index contributed by atoms with van der Waals surface area (Å²) in [5.74, 6) is -0.250. The first kappa shape index (κ1) is 10.8. The number of ketones is 1. The average molecular weight is 228 g/mol. The zero-order valence-electron chi connectivity index (χ0n) is 8.74. The summed E-state index contributed by atoms with van der Waals surface area (Å²) in [7, 11) is 0. The van der Waals surface area contributed by atoms with Crippen molar-refractivity contribution >= 4 is 11.6 Å². The van der Waals surface area contributed by atoms with Gasteiger partial charge in [-0.1, -0.05) is 0 Å². The number of nitrogens with two attached hydrogens (primary N) is 1. The maximum Gasteiger partial charge on any atom is 0.218 e. The summed E-state index contributed by atoms with van der Waals surface area (Å²) in [4.78, 5) is 19.4. The normalized spacial score (nSPS) is 9.82. The van der Waals surface area contributed by atoms with E-state index in [1.165, 1.54) is 23.3 Å². The summed E-state index contributed by atoms with van der Waals surface area (Å²) < 4.78 is 1.37. The molecule has 0 bridgehead atoms. The fourth-order valence-electron chi connectivity index (χ4n) is 1.30. The molecule has 0 unspecified atom stereocenters. The molecule has 17 heavy (non-hydrogen) atoms. The lowest BCUT2D eigenvalue weighted by Crippen LogP contribution is -2.09. The minimum Gasteiger partial charge on any atom is -0.383 e. The summed E-state index contributed by atoms with van der Waals surface area (Å²) in [5, 5.41) is 12.4. The Morgan fingerprint density at radius 2 is 2.41 bits per heavy atom. The lowest BCUT2D eigenvalue weighted by Gasteiger charge is -1.99. The number of anilines is 1. The molecule has 0 saturated carbocycles. The van der Waals surface area contributed by atoms with Crippen LogP contribution in [0.5, 0.6) is 0 Å². The van der Waals surface area contributed by atoms with Crippen LogP contribution in [0.4, 0.5) is 5.82 Å². The Balaban J connectivity index is 2.32. The van der Waals surface area contributed by atoms with Crippen LogP contribution in [0.15, 0.2) is 24.8 Å². The highest BCUT2D eigenvalue weighted by Gasteiger charge is 2.15. The highest BCUT2D eigenvalue weighted by atomic mass is 16.1. The Morgan fingerprint density at radius 1 is 1.59 bits per heavy atom. The molecular weight excluding hydrogens is 220 g/mol. The van der Waals surface area contributed by atoms with Crippen LogP contribution in [0.2, 0.25) is 0 Å². The predicted molar refractivity (Wildman–Crippen MR) is 57.7 cm³/mol. The van der Waals surface area contributed by atoms with Gasteiger partial charge in [0.2, 0.25) is 5.78 Å². The van der Waals surface area contributed by atoms with E-state index in [1.54, 1.807) is 6.20 Å². The van der Waals surface area contributed by atoms with E-state index in [-0.39, 0.29) is 29.4 Å². The molecule has 2 N–H and O–H groups in total. The number of nitrogen functional groups attached to an aromatic ring is 1. The Bertz CT molecular complexity index is 597. The summed E-state index contributed by atoms with van der Waals surface area (Å²) in [5.41, 5.74) is 5.98. The van der Waals surface area contributed by atoms with E-state index in [0.717, 1.165) is 0 Å². The van der Waals surface area contributed by atoms with Gasteiger partial charge in [-0.3, -0.25) is 9.48 Å². The van der Waals surface area contributed by atoms with Gasteiger partial charge in [0, 0.05) is 12.4 Å². The van der Waals surface area contributed by atoms with Crippen LogP contribution in [0, 0.1) is 11.3 Å². The molecule has 2 rings (SSSR count). The van der Waals surface area contributed by atoms with Crippen LogP contribution in [-0.2, 0) is 6.54 Å². The fourth-order valence-corrected chi connectivity index (χ4v) is 1.30. The summed E-state index contributed by atoms with van der Waals surface area (Å²) >= 11 is 0. The highest BCUT2D eigenvalue weighted by molar-refractivity contribution is 6.10. The Kier molecular flexibility index (Phi) is 2.79. The van der Waals surface area contributed by atoms with Gasteiger partial charge in [0.1, 0.15) is 24.4 Å². The van der Waals surface area contributed by atoms with E-state index in [9.17, 15) is 4.79 Å². The lowest BCUT2D eigenvalue weighted by molar-refractivity contribution is 0.103. The maximum atomic E-state index is 12.0. The van der Waals surface area contributed by atoms with Gasteiger partial charge < -0.3 is 5.73 Å². The summed E-state index contributed by atoms with van der Waals surface area (Å²) in [6.45, 7) is 0.0913. The molecule has 2 aromatic heterocycles. The molecule has 0 saturated heterocycles. The molecule has 0 aromatic carbocycles. The minimum atomic E-state index is -0.361. The molecule has 84 valence electrons. The van der Waals surface area contributed by atoms with Crippen molar-refractivity contribution in [1.29, 1.82) is 5.26 Å². The van der Waals surface area contributed by atoms with Gasteiger partial charge in [-0.25, -0.2) is 9.97 Å². The summed E-state index contributed by atoms with van der Waals surface area (Å²) in [6, 6.07) is 3.45. The zero-order chi connectivity index (χ0) is 12.3. The molecule has 7 nitrogen and oxygen atoms in total. The Morgan fingerprint density at radius 3 is 3.12 bits per heavy atom. The third-order valence-corrected chi connectivity index (χ3v) is 2.09. The quantitative estimate of drug-likeness (QED) is 0.741. The van der Waals surface area contributed by atoms with Crippen molar-refractivity contribution < 1.29 is 4.79 Å². The average Bonchev–Trinajstić information content (AvgIpc) is 2.78. The number of nitrogens with zero attached hydrogens (tertiary/aromatic N) is 5. The van der Waals surface area contributed by atoms with Crippen LogP contribution < -0.4 is 5.73 Å². The van der Waals surface area contributed by atoms with E-state index >= 15 is 0 Å². The molecule has 0 amide bonds. The number of nitriles is 1. The van der Waals surface area contributed by atoms with Crippen molar-refractivity contribution in [3.63, 3.8) is 0 Å². The van der Waals surface area contributed by atoms with Crippen molar-refractivity contribution in [2.24, 2.45) is 0 Å². The monoisotopic (exact) mass is 228 g/mol. The smallest absolute Gasteiger partial charge is 0.218 e. The third kappa shape index (κ3) is 2.10. The van der Waals surface area contributed by atoms with Crippen molar-refractivity contribution in [3.8, 4) is 6.07 Å². The largest absolute Gasteiger partial charge is 0.383 e. The second-order valence-corrected chi connectivity index (χ2v) is 3.21. The molecule has 0 atom stereocenters. The minimum absolute atomic E-state index is 0.0913. The molecule has 7 heteroatoms. The summed E-state index contributed by atoms with van der Waals surface area (Å²) in [6.07, 6.45) is 4.16. The number of carbonyl (C=O) groups excluding carboxylic acids is 1. The molecule has 2 aromatic rings. The van der Waals surface area contributed by atoms with Crippen molar-refractivity contribution in [2.75, 3.05) is 5.73 Å². The maximum absolute atomic E-state index is 12.0. The topological polar surface area (TPSA) is 110 Å². The second-order valence-electron chi connectivity index (χ2n) is 3.21. The molecule has 0 aliphatic heterocycles. The van der Waals surface area contributed by atoms with Gasteiger partial charge in [-0.05, 0) is 6.07 Å². The molecule has 0 fully saturated rings. The van der Waals surface area contributed by atoms with Gasteiger partial charge >= 0.3 is 0 Å². The fraction of sp³-hybridized carbons (Fsp3) is 0.100. The Labute approximate surface area is 96.5 Å². The van der Waals surface area contributed by atoms with E-state index in [0.29, 0.717) is 0 Å². The van der Waals surface area contributed by atoms with Crippen LogP contribution in [0.1, 0.15) is 16.1 Å². The number of aromatic nitrogens is 4. The number of rotatable bonds is 3. The molecule has 0 radical (unpaired) electrons. The van der Waals surface area contributed by atoms with Crippen LogP contribution in [0.3, 0.4) is 0 Å². The predicted octanol–water partition coefficient (Wildman–Crippen LogP) is 0.00988. The Hall–Kier alpha value is -2.75. The van der Waals surface area contributed by atoms with Crippen molar-refractivity contribution in [2.45, 2.75) is 6.54 Å². The van der Waals surface area contributed by atoms with Gasteiger partial charge in [0.25, 0.3) is 0 Å². The van der Waals surface area contributed by atoms with Crippen molar-refractivity contribution in [1.82, 2.24) is 19.7 Å². The number of carbonyl (C=O) groups is 1. The molecular formula is C10H8N6O. The molecule has 0 spiro atoms. The van der Waals surface area contributed by atoms with E-state index in [2.05, 4.69) is 15.1 Å². The molecule has 0 aliphatic rings. The number of hydrogen-bond acceptors (Lipinski definition) is 6. The van der Waals surface area contributed by atoms with Gasteiger partial charge in [0.05, 0.1) is 11.6 Å². The van der Waals surface area contributed by atoms with E-state index in [1.807, 2.05) is 6.07 Å².